The van der Waals surface area contributed by atoms with E-state index in [-0.39, 0.29) is 5.82 Å². The van der Waals surface area contributed by atoms with Gasteiger partial charge < -0.3 is 13.9 Å². The first-order valence-corrected chi connectivity index (χ1v) is 9.91. The number of thioether (sulfide) groups is 1. The van der Waals surface area contributed by atoms with E-state index in [1.807, 2.05) is 37.4 Å². The summed E-state index contributed by atoms with van der Waals surface area (Å²) in [4.78, 5) is 3.20. The SMILES string of the molecule is Cc1c(CSc2nnc(-c3c[nH]c4ccccc34)o2)noc1-c1ccc(F)cc1. The lowest BCUT2D eigenvalue weighted by Crippen LogP contribution is -1.85. The Hall–Kier alpha value is -3.39. The van der Waals surface area contributed by atoms with Crippen molar-refractivity contribution in [2.45, 2.75) is 17.9 Å². The minimum Gasteiger partial charge on any atom is -0.411 e. The van der Waals surface area contributed by atoms with Crippen molar-refractivity contribution in [1.82, 2.24) is 20.3 Å². The highest BCUT2D eigenvalue weighted by Gasteiger charge is 2.17. The van der Waals surface area contributed by atoms with Crippen LogP contribution in [0.1, 0.15) is 11.3 Å². The number of nitrogens with zero attached hydrogens (tertiary/aromatic N) is 3. The first kappa shape index (κ1) is 17.7. The zero-order valence-corrected chi connectivity index (χ0v) is 16.2. The van der Waals surface area contributed by atoms with Crippen LogP contribution in [0, 0.1) is 12.7 Å². The Morgan fingerprint density at radius 3 is 2.76 bits per heavy atom. The number of hydrogen-bond donors (Lipinski definition) is 1. The number of aromatic nitrogens is 4. The van der Waals surface area contributed by atoms with Crippen molar-refractivity contribution < 1.29 is 13.3 Å². The standard InChI is InChI=1S/C21H15FN4O2S/c1-12-18(26-28-19(12)13-6-8-14(22)9-7-13)11-29-21-25-24-20(27-21)16-10-23-17-5-3-2-4-15(16)17/h2-10,23H,11H2,1H3. The van der Waals surface area contributed by atoms with Gasteiger partial charge >= 0.3 is 0 Å². The average Bonchev–Trinajstić information content (AvgIpc) is 3.45. The minimum atomic E-state index is -0.288. The molecule has 0 saturated carbocycles. The summed E-state index contributed by atoms with van der Waals surface area (Å²) in [5.74, 6) is 1.33. The van der Waals surface area contributed by atoms with Crippen LogP contribution in [0.2, 0.25) is 0 Å². The van der Waals surface area contributed by atoms with Crippen LogP contribution in [0.4, 0.5) is 4.39 Å². The fraction of sp³-hybridized carbons (Fsp3) is 0.0952. The van der Waals surface area contributed by atoms with Crippen LogP contribution in [0.3, 0.4) is 0 Å². The number of fused-ring (bicyclic) bond motifs is 1. The van der Waals surface area contributed by atoms with E-state index in [2.05, 4.69) is 20.3 Å². The van der Waals surface area contributed by atoms with Crippen LogP contribution in [0.25, 0.3) is 33.7 Å². The molecule has 0 unspecified atom stereocenters. The first-order chi connectivity index (χ1) is 14.2. The molecule has 0 aliphatic rings. The third-order valence-electron chi connectivity index (χ3n) is 4.69. The molecule has 0 radical (unpaired) electrons. The molecule has 3 heterocycles. The quantitative estimate of drug-likeness (QED) is 0.382. The topological polar surface area (TPSA) is 80.7 Å². The molecule has 8 heteroatoms. The van der Waals surface area contributed by atoms with E-state index in [4.69, 9.17) is 8.94 Å². The monoisotopic (exact) mass is 406 g/mol. The fourth-order valence-corrected chi connectivity index (χ4v) is 3.90. The molecule has 0 atom stereocenters. The third kappa shape index (κ3) is 3.31. The van der Waals surface area contributed by atoms with E-state index < -0.39 is 0 Å². The lowest BCUT2D eigenvalue weighted by atomic mass is 10.1. The van der Waals surface area contributed by atoms with Crippen molar-refractivity contribution in [1.29, 1.82) is 0 Å². The number of nitrogens with one attached hydrogen (secondary N) is 1. The van der Waals surface area contributed by atoms with Crippen LogP contribution in [0.5, 0.6) is 0 Å². The van der Waals surface area contributed by atoms with Crippen LogP contribution < -0.4 is 0 Å². The number of para-hydroxylation sites is 1. The number of H-pyrrole nitrogens is 1. The lowest BCUT2D eigenvalue weighted by molar-refractivity contribution is 0.426. The molecular formula is C21H15FN4O2S. The fourth-order valence-electron chi connectivity index (χ4n) is 3.13. The number of benzene rings is 2. The molecule has 5 aromatic rings. The Labute approximate surface area is 169 Å². The zero-order valence-electron chi connectivity index (χ0n) is 15.3. The maximum absolute atomic E-state index is 13.1. The van der Waals surface area contributed by atoms with Crippen molar-refractivity contribution in [3.05, 3.63) is 71.8 Å². The van der Waals surface area contributed by atoms with Gasteiger partial charge in [0.2, 0.25) is 0 Å². The second-order valence-electron chi connectivity index (χ2n) is 6.50. The molecular weight excluding hydrogens is 391 g/mol. The number of rotatable bonds is 5. The van der Waals surface area contributed by atoms with Gasteiger partial charge in [0, 0.05) is 34.0 Å². The molecule has 0 fully saturated rings. The lowest BCUT2D eigenvalue weighted by Gasteiger charge is -1.98. The highest BCUT2D eigenvalue weighted by Crippen LogP contribution is 2.32. The highest BCUT2D eigenvalue weighted by molar-refractivity contribution is 7.98. The largest absolute Gasteiger partial charge is 0.411 e. The highest BCUT2D eigenvalue weighted by atomic mass is 32.2. The molecule has 0 bridgehead atoms. The Morgan fingerprint density at radius 2 is 1.90 bits per heavy atom. The summed E-state index contributed by atoms with van der Waals surface area (Å²) in [6.07, 6.45) is 1.86. The predicted octanol–water partition coefficient (Wildman–Crippen LogP) is 5.61. The van der Waals surface area contributed by atoms with Gasteiger partial charge in [0.25, 0.3) is 11.1 Å². The van der Waals surface area contributed by atoms with Gasteiger partial charge in [-0.3, -0.25) is 0 Å². The molecule has 1 N–H and O–H groups in total. The Balaban J connectivity index is 1.33. The second kappa shape index (κ2) is 7.21. The van der Waals surface area contributed by atoms with Gasteiger partial charge in [-0.1, -0.05) is 35.1 Å². The van der Waals surface area contributed by atoms with E-state index in [0.717, 1.165) is 33.3 Å². The molecule has 0 spiro atoms. The van der Waals surface area contributed by atoms with Gasteiger partial charge in [-0.05, 0) is 37.3 Å². The van der Waals surface area contributed by atoms with Crippen LogP contribution >= 0.6 is 11.8 Å². The second-order valence-corrected chi connectivity index (χ2v) is 7.43. The maximum Gasteiger partial charge on any atom is 0.277 e. The molecule has 3 aromatic heterocycles. The molecule has 29 heavy (non-hydrogen) atoms. The zero-order chi connectivity index (χ0) is 19.8. The average molecular weight is 406 g/mol. The van der Waals surface area contributed by atoms with E-state index in [9.17, 15) is 4.39 Å². The third-order valence-corrected chi connectivity index (χ3v) is 5.52. The number of aromatic amines is 1. The molecule has 5 rings (SSSR count). The Bertz CT molecular complexity index is 1290. The molecule has 6 nitrogen and oxygen atoms in total. The summed E-state index contributed by atoms with van der Waals surface area (Å²) in [5.41, 5.74) is 4.35. The van der Waals surface area contributed by atoms with Crippen molar-refractivity contribution >= 4 is 22.7 Å². The summed E-state index contributed by atoms with van der Waals surface area (Å²) in [7, 11) is 0. The molecule has 0 aliphatic carbocycles. The minimum absolute atomic E-state index is 0.288. The van der Waals surface area contributed by atoms with Crippen molar-refractivity contribution in [3.63, 3.8) is 0 Å². The summed E-state index contributed by atoms with van der Waals surface area (Å²) >= 11 is 1.39. The van der Waals surface area contributed by atoms with E-state index in [1.165, 1.54) is 23.9 Å². The maximum atomic E-state index is 13.1. The van der Waals surface area contributed by atoms with Gasteiger partial charge in [-0.2, -0.15) is 0 Å². The van der Waals surface area contributed by atoms with Crippen molar-refractivity contribution in [2.75, 3.05) is 0 Å². The van der Waals surface area contributed by atoms with Gasteiger partial charge in [0.15, 0.2) is 5.76 Å². The van der Waals surface area contributed by atoms with Gasteiger partial charge in [-0.15, -0.1) is 10.2 Å². The molecule has 0 amide bonds. The normalized spacial score (nSPS) is 11.4. The molecule has 144 valence electrons. The summed E-state index contributed by atoms with van der Waals surface area (Å²) in [5, 5.41) is 13.9. The summed E-state index contributed by atoms with van der Waals surface area (Å²) in [6, 6.07) is 14.1. The molecule has 2 aromatic carbocycles. The van der Waals surface area contributed by atoms with Crippen LogP contribution in [-0.4, -0.2) is 20.3 Å². The summed E-state index contributed by atoms with van der Waals surface area (Å²) < 4.78 is 24.4. The van der Waals surface area contributed by atoms with E-state index >= 15 is 0 Å². The van der Waals surface area contributed by atoms with Crippen LogP contribution in [0.15, 0.2) is 68.9 Å². The Morgan fingerprint density at radius 1 is 1.07 bits per heavy atom. The van der Waals surface area contributed by atoms with Gasteiger partial charge in [0.05, 0.1) is 11.3 Å². The molecule has 0 saturated heterocycles. The van der Waals surface area contributed by atoms with Crippen molar-refractivity contribution in [3.8, 4) is 22.8 Å². The Kier molecular flexibility index (Phi) is 4.40. The van der Waals surface area contributed by atoms with Gasteiger partial charge in [0.1, 0.15) is 5.82 Å². The molecule has 0 aliphatic heterocycles. The first-order valence-electron chi connectivity index (χ1n) is 8.93. The predicted molar refractivity (Wildman–Crippen MR) is 108 cm³/mol. The number of halogens is 1. The van der Waals surface area contributed by atoms with Crippen LogP contribution in [-0.2, 0) is 5.75 Å². The van der Waals surface area contributed by atoms with E-state index in [0.29, 0.717) is 22.6 Å². The number of hydrogen-bond acceptors (Lipinski definition) is 6. The van der Waals surface area contributed by atoms with Gasteiger partial charge in [-0.25, -0.2) is 4.39 Å². The smallest absolute Gasteiger partial charge is 0.277 e. The summed E-state index contributed by atoms with van der Waals surface area (Å²) in [6.45, 7) is 1.93. The van der Waals surface area contributed by atoms with Crippen molar-refractivity contribution in [2.24, 2.45) is 0 Å². The van der Waals surface area contributed by atoms with E-state index in [1.54, 1.807) is 12.1 Å².